The zero-order chi connectivity index (χ0) is 22.3. The van der Waals surface area contributed by atoms with Gasteiger partial charge in [0.2, 0.25) is 0 Å². The van der Waals surface area contributed by atoms with Crippen LogP contribution in [0.4, 0.5) is 0 Å². The summed E-state index contributed by atoms with van der Waals surface area (Å²) in [4.78, 5) is 11.1. The van der Waals surface area contributed by atoms with Crippen molar-refractivity contribution >= 4 is 5.97 Å². The number of aliphatic carboxylic acids is 1. The molecule has 0 saturated heterocycles. The Hall–Kier alpha value is -2.07. The summed E-state index contributed by atoms with van der Waals surface area (Å²) in [6, 6.07) is 7.54. The quantitative estimate of drug-likeness (QED) is 0.220. The molecule has 1 aliphatic rings. The second-order valence-corrected chi connectivity index (χ2v) is 9.07. The molecular weight excluding hydrogens is 386 g/mol. The van der Waals surface area contributed by atoms with Gasteiger partial charge < -0.3 is 15.5 Å². The Labute approximate surface area is 188 Å². The van der Waals surface area contributed by atoms with Gasteiger partial charge in [0.25, 0.3) is 0 Å². The molecular formula is C27H41NO3. The summed E-state index contributed by atoms with van der Waals surface area (Å²) in [5, 5.41) is 21.7. The van der Waals surface area contributed by atoms with E-state index in [2.05, 4.69) is 29.6 Å². The van der Waals surface area contributed by atoms with Crippen LogP contribution in [0.2, 0.25) is 0 Å². The van der Waals surface area contributed by atoms with E-state index in [1.807, 2.05) is 19.2 Å². The molecule has 2 rings (SSSR count). The summed E-state index contributed by atoms with van der Waals surface area (Å²) in [6.45, 7) is 0.682. The molecule has 3 unspecified atom stereocenters. The zero-order valence-corrected chi connectivity index (χ0v) is 19.1. The van der Waals surface area contributed by atoms with Crippen molar-refractivity contribution in [1.29, 1.82) is 0 Å². The van der Waals surface area contributed by atoms with Crippen molar-refractivity contribution in [2.75, 3.05) is 13.6 Å². The maximum absolute atomic E-state index is 11.1. The van der Waals surface area contributed by atoms with Crippen LogP contribution >= 0.6 is 0 Å². The molecule has 172 valence electrons. The first-order valence-electron chi connectivity index (χ1n) is 12.0. The SMILES string of the molecule is CNCC(C=CCC(CCCCCCC1C=CCC1)Cc1ccc(O)cc1)CC(=O)O. The van der Waals surface area contributed by atoms with E-state index in [0.717, 1.165) is 18.8 Å². The lowest BCUT2D eigenvalue weighted by Gasteiger charge is -2.16. The molecule has 0 saturated carbocycles. The molecule has 0 fully saturated rings. The maximum atomic E-state index is 11.1. The third-order valence-electron chi connectivity index (χ3n) is 6.29. The number of phenols is 1. The second-order valence-electron chi connectivity index (χ2n) is 9.07. The predicted molar refractivity (Wildman–Crippen MR) is 128 cm³/mol. The maximum Gasteiger partial charge on any atom is 0.303 e. The summed E-state index contributed by atoms with van der Waals surface area (Å²) in [7, 11) is 1.86. The highest BCUT2D eigenvalue weighted by atomic mass is 16.4. The van der Waals surface area contributed by atoms with Gasteiger partial charge >= 0.3 is 5.97 Å². The van der Waals surface area contributed by atoms with Crippen LogP contribution in [0.1, 0.15) is 69.8 Å². The molecule has 0 amide bonds. The van der Waals surface area contributed by atoms with E-state index in [-0.39, 0.29) is 12.3 Å². The van der Waals surface area contributed by atoms with Crippen LogP contribution in [0.3, 0.4) is 0 Å². The van der Waals surface area contributed by atoms with Gasteiger partial charge in [0.05, 0.1) is 6.42 Å². The number of benzene rings is 1. The largest absolute Gasteiger partial charge is 0.508 e. The summed E-state index contributed by atoms with van der Waals surface area (Å²) < 4.78 is 0. The summed E-state index contributed by atoms with van der Waals surface area (Å²) in [5.74, 6) is 0.948. The fourth-order valence-electron chi connectivity index (χ4n) is 4.56. The minimum Gasteiger partial charge on any atom is -0.508 e. The van der Waals surface area contributed by atoms with Gasteiger partial charge in [-0.25, -0.2) is 0 Å². The first kappa shape index (κ1) is 25.2. The molecule has 0 spiro atoms. The minimum atomic E-state index is -0.751. The van der Waals surface area contributed by atoms with Crippen LogP contribution in [-0.2, 0) is 11.2 Å². The molecule has 31 heavy (non-hydrogen) atoms. The van der Waals surface area contributed by atoms with Crippen molar-refractivity contribution in [3.8, 4) is 5.75 Å². The number of unbranched alkanes of at least 4 members (excludes halogenated alkanes) is 3. The molecule has 4 nitrogen and oxygen atoms in total. The lowest BCUT2D eigenvalue weighted by atomic mass is 9.89. The molecule has 4 heteroatoms. The van der Waals surface area contributed by atoms with Crippen LogP contribution in [0.5, 0.6) is 5.75 Å². The highest BCUT2D eigenvalue weighted by Crippen LogP contribution is 2.25. The van der Waals surface area contributed by atoms with Crippen LogP contribution < -0.4 is 5.32 Å². The third kappa shape index (κ3) is 11.2. The van der Waals surface area contributed by atoms with Crippen molar-refractivity contribution < 1.29 is 15.0 Å². The molecule has 0 bridgehead atoms. The van der Waals surface area contributed by atoms with E-state index in [4.69, 9.17) is 5.11 Å². The van der Waals surface area contributed by atoms with Gasteiger partial charge in [0, 0.05) is 6.54 Å². The van der Waals surface area contributed by atoms with Crippen molar-refractivity contribution in [1.82, 2.24) is 5.32 Å². The van der Waals surface area contributed by atoms with Crippen molar-refractivity contribution in [2.24, 2.45) is 17.8 Å². The van der Waals surface area contributed by atoms with Gasteiger partial charge in [-0.1, -0.05) is 62.1 Å². The topological polar surface area (TPSA) is 69.6 Å². The van der Waals surface area contributed by atoms with Gasteiger partial charge in [-0.05, 0) is 81.0 Å². The van der Waals surface area contributed by atoms with E-state index in [1.165, 1.54) is 56.9 Å². The monoisotopic (exact) mass is 427 g/mol. The van der Waals surface area contributed by atoms with Crippen molar-refractivity contribution in [2.45, 2.75) is 70.6 Å². The normalized spacial score (nSPS) is 17.9. The number of carboxylic acids is 1. The Morgan fingerprint density at radius 3 is 2.65 bits per heavy atom. The van der Waals surface area contributed by atoms with Crippen molar-refractivity contribution in [3.05, 3.63) is 54.1 Å². The van der Waals surface area contributed by atoms with Gasteiger partial charge in [-0.15, -0.1) is 0 Å². The molecule has 1 aromatic rings. The van der Waals surface area contributed by atoms with E-state index >= 15 is 0 Å². The molecule has 0 aliphatic heterocycles. The van der Waals surface area contributed by atoms with Gasteiger partial charge in [0.15, 0.2) is 0 Å². The van der Waals surface area contributed by atoms with Crippen LogP contribution in [0.15, 0.2) is 48.6 Å². The zero-order valence-electron chi connectivity index (χ0n) is 19.1. The number of hydrogen-bond acceptors (Lipinski definition) is 3. The summed E-state index contributed by atoms with van der Waals surface area (Å²) in [5.41, 5.74) is 1.25. The smallest absolute Gasteiger partial charge is 0.303 e. The molecule has 3 N–H and O–H groups in total. The first-order chi connectivity index (χ1) is 15.1. The molecule has 1 aliphatic carbocycles. The Kier molecular flexibility index (Phi) is 12.1. The van der Waals surface area contributed by atoms with Crippen LogP contribution in [0, 0.1) is 17.8 Å². The molecule has 3 atom stereocenters. The number of allylic oxidation sites excluding steroid dienone is 3. The Morgan fingerprint density at radius 2 is 1.97 bits per heavy atom. The van der Waals surface area contributed by atoms with Gasteiger partial charge in [0.1, 0.15) is 5.75 Å². The van der Waals surface area contributed by atoms with Crippen LogP contribution in [-0.4, -0.2) is 29.8 Å². The van der Waals surface area contributed by atoms with Crippen molar-refractivity contribution in [3.63, 3.8) is 0 Å². The Morgan fingerprint density at radius 1 is 1.19 bits per heavy atom. The van der Waals surface area contributed by atoms with E-state index in [0.29, 0.717) is 18.2 Å². The Balaban J connectivity index is 1.80. The van der Waals surface area contributed by atoms with E-state index < -0.39 is 5.97 Å². The van der Waals surface area contributed by atoms with E-state index in [9.17, 15) is 9.90 Å². The number of nitrogens with one attached hydrogen (secondary N) is 1. The Bertz CT molecular complexity index is 680. The second kappa shape index (κ2) is 14.9. The van der Waals surface area contributed by atoms with Gasteiger partial charge in [-0.2, -0.15) is 0 Å². The van der Waals surface area contributed by atoms with Crippen LogP contribution in [0.25, 0.3) is 0 Å². The number of hydrogen-bond donors (Lipinski definition) is 3. The highest BCUT2D eigenvalue weighted by molar-refractivity contribution is 5.67. The summed E-state index contributed by atoms with van der Waals surface area (Å²) >= 11 is 0. The minimum absolute atomic E-state index is 0.0291. The predicted octanol–water partition coefficient (Wildman–Crippen LogP) is 6.11. The number of rotatable bonds is 16. The number of aromatic hydroxyl groups is 1. The average molecular weight is 428 g/mol. The fourth-order valence-corrected chi connectivity index (χ4v) is 4.56. The van der Waals surface area contributed by atoms with E-state index in [1.54, 1.807) is 12.1 Å². The lowest BCUT2D eigenvalue weighted by molar-refractivity contribution is -0.137. The number of carboxylic acid groups (broad SMARTS) is 1. The molecule has 1 aromatic carbocycles. The fraction of sp³-hybridized carbons (Fsp3) is 0.593. The lowest BCUT2D eigenvalue weighted by Crippen LogP contribution is -2.19. The first-order valence-corrected chi connectivity index (χ1v) is 12.0. The molecule has 0 heterocycles. The third-order valence-corrected chi connectivity index (χ3v) is 6.29. The average Bonchev–Trinajstić information content (AvgIpc) is 3.25. The molecule has 0 aromatic heterocycles. The highest BCUT2D eigenvalue weighted by Gasteiger charge is 2.12. The molecule has 0 radical (unpaired) electrons. The van der Waals surface area contributed by atoms with Gasteiger partial charge in [-0.3, -0.25) is 4.79 Å². The standard InChI is InChI=1S/C27H41NO3/c1-28-21-25(20-27(30)31)14-8-13-23(19-24-15-17-26(29)18-16-24)12-5-3-2-4-9-22-10-6-7-11-22/h6,8,10,14-18,22-23,25,28-29H,2-5,7,9,11-13,19-21H2,1H3,(H,30,31). The number of phenolic OH excluding ortho intramolecular Hbond substituents is 1. The number of carbonyl (C=O) groups is 1. The summed E-state index contributed by atoms with van der Waals surface area (Å²) in [6.07, 6.45) is 21.4.